The summed E-state index contributed by atoms with van der Waals surface area (Å²) in [5.74, 6) is 0.374. The van der Waals surface area contributed by atoms with Crippen LogP contribution in [0.5, 0.6) is 0 Å². The molecule has 0 atom stereocenters. The molecule has 1 aliphatic rings. The fraction of sp³-hybridized carbons (Fsp3) is 0.261. The van der Waals surface area contributed by atoms with Crippen LogP contribution < -0.4 is 10.6 Å². The van der Waals surface area contributed by atoms with Gasteiger partial charge in [-0.3, -0.25) is 4.79 Å². The van der Waals surface area contributed by atoms with Crippen molar-refractivity contribution in [2.24, 2.45) is 5.92 Å². The Morgan fingerprint density at radius 3 is 2.68 bits per heavy atom. The summed E-state index contributed by atoms with van der Waals surface area (Å²) in [4.78, 5) is 15.1. The second kappa shape index (κ2) is 8.11. The number of aromatic amines is 1. The maximum atomic E-state index is 11.8. The van der Waals surface area contributed by atoms with Gasteiger partial charge in [0.15, 0.2) is 0 Å². The molecule has 1 aliphatic carbocycles. The first kappa shape index (κ1) is 18.6. The molecule has 3 N–H and O–H groups in total. The van der Waals surface area contributed by atoms with Gasteiger partial charge in [-0.25, -0.2) is 0 Å². The van der Waals surface area contributed by atoms with Crippen molar-refractivity contribution in [2.75, 3.05) is 17.2 Å². The Morgan fingerprint density at radius 1 is 1.14 bits per heavy atom. The van der Waals surface area contributed by atoms with Crippen molar-refractivity contribution in [2.45, 2.75) is 26.2 Å². The largest absolute Gasteiger partial charge is 0.383 e. The molecule has 4 rings (SSSR count). The molecule has 0 spiro atoms. The van der Waals surface area contributed by atoms with Gasteiger partial charge >= 0.3 is 0 Å². The highest BCUT2D eigenvalue weighted by Crippen LogP contribution is 2.30. The summed E-state index contributed by atoms with van der Waals surface area (Å²) in [5.41, 5.74) is 6.41. The van der Waals surface area contributed by atoms with Crippen LogP contribution in [0.25, 0.3) is 11.3 Å². The molecule has 1 saturated carbocycles. The number of hydrogen-bond donors (Lipinski definition) is 3. The van der Waals surface area contributed by atoms with Gasteiger partial charge in [-0.1, -0.05) is 35.9 Å². The summed E-state index contributed by atoms with van der Waals surface area (Å²) < 4.78 is 0. The number of hydrogen-bond acceptors (Lipinski definition) is 2. The Balaban J connectivity index is 1.30. The number of aromatic nitrogens is 1. The van der Waals surface area contributed by atoms with E-state index in [9.17, 15) is 4.79 Å². The number of H-pyrrole nitrogens is 1. The molecule has 144 valence electrons. The third-order valence-electron chi connectivity index (χ3n) is 5.15. The molecule has 0 aliphatic heterocycles. The predicted molar refractivity (Wildman–Crippen MR) is 116 cm³/mol. The van der Waals surface area contributed by atoms with Crippen molar-refractivity contribution in [3.63, 3.8) is 0 Å². The Morgan fingerprint density at radius 2 is 1.93 bits per heavy atom. The van der Waals surface area contributed by atoms with E-state index in [0.29, 0.717) is 0 Å². The molecule has 1 fully saturated rings. The van der Waals surface area contributed by atoms with E-state index in [1.165, 1.54) is 5.56 Å². The first-order chi connectivity index (χ1) is 13.6. The topological polar surface area (TPSA) is 56.9 Å². The molecule has 1 heterocycles. The number of halogens is 1. The van der Waals surface area contributed by atoms with Gasteiger partial charge in [0.05, 0.1) is 5.69 Å². The Hall–Kier alpha value is -2.72. The Kier molecular flexibility index (Phi) is 5.40. The molecule has 3 aromatic rings. The van der Waals surface area contributed by atoms with E-state index < -0.39 is 0 Å². The normalized spacial score (nSPS) is 13.4. The molecule has 2 aromatic carbocycles. The molecule has 0 saturated heterocycles. The van der Waals surface area contributed by atoms with Crippen LogP contribution >= 0.6 is 11.6 Å². The van der Waals surface area contributed by atoms with Gasteiger partial charge in [-0.2, -0.15) is 0 Å². The van der Waals surface area contributed by atoms with Gasteiger partial charge in [0, 0.05) is 40.6 Å². The van der Waals surface area contributed by atoms with Crippen LogP contribution in [-0.2, 0) is 11.2 Å². The van der Waals surface area contributed by atoms with E-state index in [2.05, 4.69) is 39.9 Å². The molecule has 28 heavy (non-hydrogen) atoms. The van der Waals surface area contributed by atoms with Crippen LogP contribution in [0.3, 0.4) is 0 Å². The predicted octanol–water partition coefficient (Wildman–Crippen LogP) is 5.65. The molecular weight excluding hydrogens is 370 g/mol. The summed E-state index contributed by atoms with van der Waals surface area (Å²) in [6.45, 7) is 2.86. The van der Waals surface area contributed by atoms with Crippen LogP contribution in [0, 0.1) is 12.8 Å². The summed E-state index contributed by atoms with van der Waals surface area (Å²) in [5, 5.41) is 7.20. The highest BCUT2D eigenvalue weighted by Gasteiger charge is 2.29. The summed E-state index contributed by atoms with van der Waals surface area (Å²) in [6, 6.07) is 16.2. The number of rotatable bonds is 7. The minimum Gasteiger partial charge on any atom is -0.383 e. The number of amides is 1. The van der Waals surface area contributed by atoms with E-state index in [-0.39, 0.29) is 11.8 Å². The second-order valence-corrected chi connectivity index (χ2v) is 7.76. The maximum Gasteiger partial charge on any atom is 0.227 e. The highest BCUT2D eigenvalue weighted by molar-refractivity contribution is 6.31. The van der Waals surface area contributed by atoms with Crippen LogP contribution in [0.2, 0.25) is 5.02 Å². The Labute approximate surface area is 170 Å². The lowest BCUT2D eigenvalue weighted by molar-refractivity contribution is -0.117. The summed E-state index contributed by atoms with van der Waals surface area (Å²) in [7, 11) is 0. The van der Waals surface area contributed by atoms with Gasteiger partial charge < -0.3 is 15.6 Å². The zero-order valence-electron chi connectivity index (χ0n) is 15.9. The van der Waals surface area contributed by atoms with E-state index in [1.54, 1.807) is 0 Å². The van der Waals surface area contributed by atoms with Crippen molar-refractivity contribution >= 4 is 28.9 Å². The molecule has 0 unspecified atom stereocenters. The van der Waals surface area contributed by atoms with E-state index >= 15 is 0 Å². The molecular formula is C23H24ClN3O. The molecule has 4 nitrogen and oxygen atoms in total. The van der Waals surface area contributed by atoms with Gasteiger partial charge in [-0.05, 0) is 61.6 Å². The molecule has 0 radical (unpaired) electrons. The number of carbonyl (C=O) groups excluding carboxylic acids is 1. The lowest BCUT2D eigenvalue weighted by atomic mass is 10.1. The summed E-state index contributed by atoms with van der Waals surface area (Å²) >= 11 is 6.23. The van der Waals surface area contributed by atoms with Crippen LogP contribution in [0.15, 0.2) is 54.7 Å². The lowest BCUT2D eigenvalue weighted by Crippen LogP contribution is -2.13. The van der Waals surface area contributed by atoms with E-state index in [1.807, 2.05) is 37.4 Å². The zero-order valence-corrected chi connectivity index (χ0v) is 16.6. The molecule has 1 amide bonds. The molecule has 5 heteroatoms. The first-order valence-corrected chi connectivity index (χ1v) is 10.1. The zero-order chi connectivity index (χ0) is 19.5. The maximum absolute atomic E-state index is 11.8. The van der Waals surface area contributed by atoms with E-state index in [4.69, 9.17) is 11.6 Å². The van der Waals surface area contributed by atoms with Gasteiger partial charge in [0.1, 0.15) is 0 Å². The van der Waals surface area contributed by atoms with Crippen LogP contribution in [-0.4, -0.2) is 17.4 Å². The minimum atomic E-state index is 0.146. The van der Waals surface area contributed by atoms with Crippen molar-refractivity contribution in [3.8, 4) is 11.3 Å². The van der Waals surface area contributed by atoms with Crippen molar-refractivity contribution < 1.29 is 4.79 Å². The number of benzene rings is 2. The standard InChI is InChI=1S/C23H24ClN3O/c1-15-20(3-2-4-21(15)24)22-13-19(14-26-22)25-12-11-16-5-9-18(10-6-16)27-23(28)17-7-8-17/h2-6,9-10,13-14,17,25-26H,7-8,11-12H2,1H3,(H,27,28). The number of anilines is 2. The highest BCUT2D eigenvalue weighted by atomic mass is 35.5. The quantitative estimate of drug-likeness (QED) is 0.486. The van der Waals surface area contributed by atoms with Crippen molar-refractivity contribution in [1.82, 2.24) is 4.98 Å². The Bertz CT molecular complexity index is 974. The average Bonchev–Trinajstić information content (AvgIpc) is 3.45. The third kappa shape index (κ3) is 4.39. The fourth-order valence-corrected chi connectivity index (χ4v) is 3.42. The van der Waals surface area contributed by atoms with Gasteiger partial charge in [0.25, 0.3) is 0 Å². The van der Waals surface area contributed by atoms with Gasteiger partial charge in [-0.15, -0.1) is 0 Å². The molecule has 0 bridgehead atoms. The number of nitrogens with one attached hydrogen (secondary N) is 3. The average molecular weight is 394 g/mol. The van der Waals surface area contributed by atoms with Gasteiger partial charge in [0.2, 0.25) is 5.91 Å². The van der Waals surface area contributed by atoms with Crippen LogP contribution in [0.1, 0.15) is 24.0 Å². The lowest BCUT2D eigenvalue weighted by Gasteiger charge is -2.07. The van der Waals surface area contributed by atoms with Crippen LogP contribution in [0.4, 0.5) is 11.4 Å². The smallest absolute Gasteiger partial charge is 0.227 e. The number of carbonyl (C=O) groups is 1. The van der Waals surface area contributed by atoms with Crippen molar-refractivity contribution in [1.29, 1.82) is 0 Å². The fourth-order valence-electron chi connectivity index (χ4n) is 3.25. The summed E-state index contributed by atoms with van der Waals surface area (Å²) in [6.07, 6.45) is 4.93. The second-order valence-electron chi connectivity index (χ2n) is 7.35. The monoisotopic (exact) mass is 393 g/mol. The minimum absolute atomic E-state index is 0.146. The first-order valence-electron chi connectivity index (χ1n) is 9.68. The third-order valence-corrected chi connectivity index (χ3v) is 5.56. The van der Waals surface area contributed by atoms with Crippen molar-refractivity contribution in [3.05, 3.63) is 70.9 Å². The van der Waals surface area contributed by atoms with E-state index in [0.717, 1.165) is 59.0 Å². The SMILES string of the molecule is Cc1c(Cl)cccc1-c1cc(NCCc2ccc(NC(=O)C3CC3)cc2)c[nH]1. The molecule has 1 aromatic heterocycles.